The number of hydrogen-bond acceptors (Lipinski definition) is 10. The molecule has 260 valence electrons. The van der Waals surface area contributed by atoms with Gasteiger partial charge in [0.2, 0.25) is 0 Å². The van der Waals surface area contributed by atoms with Crippen LogP contribution in [0.2, 0.25) is 0 Å². The molecule has 0 fully saturated rings. The molecule has 2 N–H and O–H groups in total. The van der Waals surface area contributed by atoms with E-state index in [2.05, 4.69) is 25.6 Å². The van der Waals surface area contributed by atoms with Crippen LogP contribution in [-0.2, 0) is 25.5 Å². The predicted octanol–water partition coefficient (Wildman–Crippen LogP) is 5.96. The summed E-state index contributed by atoms with van der Waals surface area (Å²) in [5.41, 5.74) is 1.93. The van der Waals surface area contributed by atoms with Gasteiger partial charge in [-0.15, -0.1) is 0 Å². The molecule has 0 aliphatic rings. The van der Waals surface area contributed by atoms with E-state index in [1.54, 1.807) is 19.9 Å². The van der Waals surface area contributed by atoms with Crippen LogP contribution in [0, 0.1) is 5.41 Å². The van der Waals surface area contributed by atoms with E-state index in [1.165, 1.54) is 24.8 Å². The standard InChI is InChI=1S/C38H48O10/c1-5-6-7-8-29-9-13-32(14-10-29)43-17-18-44-33-15-11-30(12-16-33)31-23-34(45-19-21-47-36(41)28(2)26-39)25-35(24-31)46-20-22-48-37(42)38(3,4)27-40/h9-16,23-25,39-40H,2,5-8,17-22,26-27H2,1,3-4H3. The molecule has 0 aromatic heterocycles. The maximum Gasteiger partial charge on any atom is 0.335 e. The summed E-state index contributed by atoms with van der Waals surface area (Å²) in [6, 6.07) is 21.1. The lowest BCUT2D eigenvalue weighted by Gasteiger charge is -2.19. The van der Waals surface area contributed by atoms with Gasteiger partial charge in [0.05, 0.1) is 24.2 Å². The number of carbonyl (C=O) groups is 2. The number of aryl methyl sites for hydroxylation is 1. The second-order valence-corrected chi connectivity index (χ2v) is 11.8. The van der Waals surface area contributed by atoms with Gasteiger partial charge in [0, 0.05) is 6.07 Å². The summed E-state index contributed by atoms with van der Waals surface area (Å²) in [5, 5.41) is 18.4. The van der Waals surface area contributed by atoms with Gasteiger partial charge in [-0.25, -0.2) is 4.79 Å². The quantitative estimate of drug-likeness (QED) is 0.0755. The van der Waals surface area contributed by atoms with Crippen molar-refractivity contribution in [3.63, 3.8) is 0 Å². The molecule has 0 spiro atoms. The molecule has 3 rings (SSSR count). The van der Waals surface area contributed by atoms with Gasteiger partial charge in [0.25, 0.3) is 0 Å². The normalized spacial score (nSPS) is 11.0. The lowest BCUT2D eigenvalue weighted by molar-refractivity contribution is -0.156. The van der Waals surface area contributed by atoms with Crippen LogP contribution in [0.5, 0.6) is 23.0 Å². The molecule has 0 aliphatic heterocycles. The Labute approximate surface area is 283 Å². The Bertz CT molecular complexity index is 1430. The average Bonchev–Trinajstić information content (AvgIpc) is 3.10. The van der Waals surface area contributed by atoms with Crippen molar-refractivity contribution in [2.45, 2.75) is 46.5 Å². The van der Waals surface area contributed by atoms with Crippen molar-refractivity contribution in [2.75, 3.05) is 52.9 Å². The summed E-state index contributed by atoms with van der Waals surface area (Å²) in [7, 11) is 0. The van der Waals surface area contributed by atoms with E-state index < -0.39 is 24.0 Å². The van der Waals surface area contributed by atoms with Gasteiger partial charge in [-0.1, -0.05) is 50.6 Å². The van der Waals surface area contributed by atoms with Gasteiger partial charge in [-0.3, -0.25) is 4.79 Å². The predicted molar refractivity (Wildman–Crippen MR) is 183 cm³/mol. The van der Waals surface area contributed by atoms with E-state index >= 15 is 0 Å². The largest absolute Gasteiger partial charge is 0.490 e. The highest BCUT2D eigenvalue weighted by molar-refractivity contribution is 5.87. The zero-order chi connectivity index (χ0) is 34.8. The Morgan fingerprint density at radius 1 is 0.667 bits per heavy atom. The molecule has 10 nitrogen and oxygen atoms in total. The molecule has 0 unspecified atom stereocenters. The summed E-state index contributed by atoms with van der Waals surface area (Å²) >= 11 is 0. The van der Waals surface area contributed by atoms with Crippen molar-refractivity contribution in [3.05, 3.63) is 84.4 Å². The van der Waals surface area contributed by atoms with Gasteiger partial charge in [0.15, 0.2) is 0 Å². The molecule has 0 bridgehead atoms. The third-order valence-electron chi connectivity index (χ3n) is 7.28. The number of benzene rings is 3. The molecule has 0 heterocycles. The third-order valence-corrected chi connectivity index (χ3v) is 7.28. The van der Waals surface area contributed by atoms with Crippen LogP contribution in [0.3, 0.4) is 0 Å². The number of aliphatic hydroxyl groups excluding tert-OH is 2. The first-order valence-corrected chi connectivity index (χ1v) is 16.2. The second kappa shape index (κ2) is 20.0. The number of carbonyl (C=O) groups excluding carboxylic acids is 2. The van der Waals surface area contributed by atoms with E-state index in [0.717, 1.165) is 23.3 Å². The molecule has 0 radical (unpaired) electrons. The summed E-state index contributed by atoms with van der Waals surface area (Å²) in [5.74, 6) is 1.22. The first kappa shape index (κ1) is 37.9. The number of rotatable bonds is 22. The molecule has 0 amide bonds. The lowest BCUT2D eigenvalue weighted by Crippen LogP contribution is -2.31. The van der Waals surface area contributed by atoms with Crippen LogP contribution in [0.25, 0.3) is 11.1 Å². The zero-order valence-corrected chi connectivity index (χ0v) is 28.2. The van der Waals surface area contributed by atoms with Crippen LogP contribution in [0.1, 0.15) is 45.6 Å². The van der Waals surface area contributed by atoms with Crippen LogP contribution in [-0.4, -0.2) is 75.0 Å². The fourth-order valence-corrected chi connectivity index (χ4v) is 4.31. The van der Waals surface area contributed by atoms with Gasteiger partial charge >= 0.3 is 11.9 Å². The third kappa shape index (κ3) is 12.9. The number of unbranched alkanes of at least 4 members (excludes halogenated alkanes) is 2. The Balaban J connectivity index is 1.58. The molecular weight excluding hydrogens is 616 g/mol. The van der Waals surface area contributed by atoms with E-state index in [-0.39, 0.29) is 38.6 Å². The molecular formula is C38H48O10. The first-order chi connectivity index (χ1) is 23.1. The highest BCUT2D eigenvalue weighted by atomic mass is 16.6. The minimum Gasteiger partial charge on any atom is -0.490 e. The fourth-order valence-electron chi connectivity index (χ4n) is 4.31. The summed E-state index contributed by atoms with van der Waals surface area (Å²) in [6.45, 7) is 8.90. The van der Waals surface area contributed by atoms with Crippen LogP contribution >= 0.6 is 0 Å². The minimum absolute atomic E-state index is 0.00646. The van der Waals surface area contributed by atoms with Crippen molar-refractivity contribution in [2.24, 2.45) is 5.41 Å². The minimum atomic E-state index is -1.00. The number of aliphatic hydroxyl groups is 2. The molecule has 0 atom stereocenters. The summed E-state index contributed by atoms with van der Waals surface area (Å²) in [4.78, 5) is 23.9. The molecule has 0 saturated carbocycles. The van der Waals surface area contributed by atoms with Gasteiger partial charge in [-0.05, 0) is 79.8 Å². The molecule has 3 aromatic rings. The zero-order valence-electron chi connectivity index (χ0n) is 28.2. The van der Waals surface area contributed by atoms with Gasteiger partial charge < -0.3 is 38.6 Å². The topological polar surface area (TPSA) is 130 Å². The monoisotopic (exact) mass is 664 g/mol. The van der Waals surface area contributed by atoms with Crippen molar-refractivity contribution in [1.82, 2.24) is 0 Å². The van der Waals surface area contributed by atoms with Crippen LogP contribution < -0.4 is 18.9 Å². The fraction of sp³-hybridized carbons (Fsp3) is 0.421. The highest BCUT2D eigenvalue weighted by Crippen LogP contribution is 2.31. The van der Waals surface area contributed by atoms with Crippen molar-refractivity contribution >= 4 is 11.9 Å². The van der Waals surface area contributed by atoms with Crippen molar-refractivity contribution in [1.29, 1.82) is 0 Å². The van der Waals surface area contributed by atoms with E-state index in [0.29, 0.717) is 30.5 Å². The number of ether oxygens (including phenoxy) is 6. The van der Waals surface area contributed by atoms with Crippen molar-refractivity contribution in [3.8, 4) is 34.1 Å². The first-order valence-electron chi connectivity index (χ1n) is 16.2. The lowest BCUT2D eigenvalue weighted by atomic mass is 9.95. The maximum absolute atomic E-state index is 12.2. The van der Waals surface area contributed by atoms with Crippen LogP contribution in [0.4, 0.5) is 0 Å². The Morgan fingerprint density at radius 2 is 1.19 bits per heavy atom. The van der Waals surface area contributed by atoms with Crippen molar-refractivity contribution < 1.29 is 48.2 Å². The van der Waals surface area contributed by atoms with Gasteiger partial charge in [-0.2, -0.15) is 0 Å². The molecule has 10 heteroatoms. The summed E-state index contributed by atoms with van der Waals surface area (Å²) in [6.07, 6.45) is 4.73. The SMILES string of the molecule is C=C(CO)C(=O)OCCOc1cc(OCCOC(=O)C(C)(C)CO)cc(-c2ccc(OCCOc3ccc(CCCCC)cc3)cc2)c1. The van der Waals surface area contributed by atoms with Crippen LogP contribution in [0.15, 0.2) is 78.9 Å². The Hall–Kier alpha value is -4.54. The number of hydrogen-bond donors (Lipinski definition) is 2. The molecule has 48 heavy (non-hydrogen) atoms. The highest BCUT2D eigenvalue weighted by Gasteiger charge is 2.28. The second-order valence-electron chi connectivity index (χ2n) is 11.8. The molecule has 0 aliphatic carbocycles. The Morgan fingerprint density at radius 3 is 1.73 bits per heavy atom. The van der Waals surface area contributed by atoms with Gasteiger partial charge in [0.1, 0.15) is 62.6 Å². The number of esters is 2. The van der Waals surface area contributed by atoms with E-state index in [4.69, 9.17) is 33.5 Å². The Kier molecular flexibility index (Phi) is 15.8. The molecule has 0 saturated heterocycles. The summed E-state index contributed by atoms with van der Waals surface area (Å²) < 4.78 is 33.7. The average molecular weight is 665 g/mol. The van der Waals surface area contributed by atoms with E-state index in [9.17, 15) is 14.7 Å². The smallest absolute Gasteiger partial charge is 0.335 e. The van der Waals surface area contributed by atoms with E-state index in [1.807, 2.05) is 48.5 Å². The molecule has 3 aromatic carbocycles. The maximum atomic E-state index is 12.2.